The molecule has 1 aliphatic carbocycles. The molecule has 0 N–H and O–H groups in total. The van der Waals surface area contributed by atoms with Crippen LogP contribution in [0.4, 0.5) is 5.69 Å². The van der Waals surface area contributed by atoms with Crippen LogP contribution in [0.5, 0.6) is 0 Å². The molecule has 0 amide bonds. The van der Waals surface area contributed by atoms with Crippen molar-refractivity contribution in [2.24, 2.45) is 5.92 Å². The van der Waals surface area contributed by atoms with Crippen LogP contribution in [-0.2, 0) is 0 Å². The van der Waals surface area contributed by atoms with E-state index in [1.165, 1.54) is 19.3 Å². The maximum absolute atomic E-state index is 9.12. The summed E-state index contributed by atoms with van der Waals surface area (Å²) in [6, 6.07) is 8.44. The molecular formula is C13H13ClN2. The van der Waals surface area contributed by atoms with Crippen molar-refractivity contribution < 1.29 is 0 Å². The van der Waals surface area contributed by atoms with E-state index in [1.807, 2.05) is 12.1 Å². The normalized spacial score (nSPS) is 27.1. The third kappa shape index (κ3) is 1.47. The van der Waals surface area contributed by atoms with Crippen LogP contribution in [0, 0.1) is 17.2 Å². The fourth-order valence-electron chi connectivity index (χ4n) is 3.06. The monoisotopic (exact) mass is 232 g/mol. The third-order valence-corrected chi connectivity index (χ3v) is 4.03. The molecule has 1 saturated carbocycles. The Morgan fingerprint density at radius 2 is 2.25 bits per heavy atom. The lowest BCUT2D eigenvalue weighted by molar-refractivity contribution is 0.553. The summed E-state index contributed by atoms with van der Waals surface area (Å²) in [4.78, 5) is 2.37. The van der Waals surface area contributed by atoms with Crippen LogP contribution in [-0.4, -0.2) is 12.6 Å². The summed E-state index contributed by atoms with van der Waals surface area (Å²) in [5, 5.41) is 9.84. The first-order chi connectivity index (χ1) is 7.78. The van der Waals surface area contributed by atoms with Gasteiger partial charge in [-0.15, -0.1) is 0 Å². The number of anilines is 1. The molecule has 1 aliphatic heterocycles. The van der Waals surface area contributed by atoms with E-state index in [0.717, 1.165) is 28.7 Å². The Morgan fingerprint density at radius 1 is 1.38 bits per heavy atom. The number of piperidine rings is 1. The van der Waals surface area contributed by atoms with E-state index in [2.05, 4.69) is 11.0 Å². The standard InChI is InChI=1S/C13H13ClN2/c14-11-3-2-10(7-15)13(6-11)16-8-9-1-4-12(16)5-9/h2-3,6,9,12H,1,4-5,8H2. The van der Waals surface area contributed by atoms with Gasteiger partial charge in [-0.25, -0.2) is 0 Å². The van der Waals surface area contributed by atoms with Crippen molar-refractivity contribution in [3.05, 3.63) is 28.8 Å². The highest BCUT2D eigenvalue weighted by molar-refractivity contribution is 6.30. The number of hydrogen-bond donors (Lipinski definition) is 0. The lowest BCUT2D eigenvalue weighted by Crippen LogP contribution is -2.32. The molecule has 3 heteroatoms. The maximum Gasteiger partial charge on any atom is 0.101 e. The number of hydrogen-bond acceptors (Lipinski definition) is 2. The quantitative estimate of drug-likeness (QED) is 0.744. The van der Waals surface area contributed by atoms with Crippen molar-refractivity contribution in [2.45, 2.75) is 25.3 Å². The minimum Gasteiger partial charge on any atom is -0.367 e. The van der Waals surface area contributed by atoms with Crippen molar-refractivity contribution in [1.82, 2.24) is 0 Å². The van der Waals surface area contributed by atoms with E-state index >= 15 is 0 Å². The average molecular weight is 233 g/mol. The molecular weight excluding hydrogens is 220 g/mol. The Morgan fingerprint density at radius 3 is 2.88 bits per heavy atom. The van der Waals surface area contributed by atoms with Crippen LogP contribution in [0.25, 0.3) is 0 Å². The zero-order chi connectivity index (χ0) is 11.1. The van der Waals surface area contributed by atoms with Gasteiger partial charge in [0.15, 0.2) is 0 Å². The van der Waals surface area contributed by atoms with Crippen molar-refractivity contribution in [1.29, 1.82) is 5.26 Å². The molecule has 1 saturated heterocycles. The molecule has 1 aromatic carbocycles. The smallest absolute Gasteiger partial charge is 0.101 e. The second-order valence-corrected chi connectivity index (χ2v) is 5.19. The highest BCUT2D eigenvalue weighted by atomic mass is 35.5. The van der Waals surface area contributed by atoms with Crippen LogP contribution in [0.3, 0.4) is 0 Å². The second kappa shape index (κ2) is 3.68. The highest BCUT2D eigenvalue weighted by Crippen LogP contribution is 2.41. The van der Waals surface area contributed by atoms with Gasteiger partial charge < -0.3 is 4.90 Å². The van der Waals surface area contributed by atoms with Gasteiger partial charge in [-0.2, -0.15) is 5.26 Å². The molecule has 1 aromatic rings. The molecule has 16 heavy (non-hydrogen) atoms. The molecule has 1 heterocycles. The molecule has 2 unspecified atom stereocenters. The Bertz CT molecular complexity index is 463. The molecule has 2 fully saturated rings. The van der Waals surface area contributed by atoms with E-state index in [9.17, 15) is 0 Å². The molecule has 2 aliphatic rings. The fourth-order valence-corrected chi connectivity index (χ4v) is 3.22. The van der Waals surface area contributed by atoms with Gasteiger partial charge in [0.2, 0.25) is 0 Å². The van der Waals surface area contributed by atoms with Crippen molar-refractivity contribution in [3.8, 4) is 6.07 Å². The Hall–Kier alpha value is -1.20. The summed E-state index contributed by atoms with van der Waals surface area (Å²) in [5.74, 6) is 0.829. The van der Waals surface area contributed by atoms with Gasteiger partial charge in [0, 0.05) is 17.6 Å². The number of halogens is 1. The predicted octanol–water partition coefficient (Wildman–Crippen LogP) is 3.20. The lowest BCUT2D eigenvalue weighted by atomic mass is 10.1. The Balaban J connectivity index is 2.00. The number of fused-ring (bicyclic) bond motifs is 2. The minimum atomic E-state index is 0.635. The van der Waals surface area contributed by atoms with Gasteiger partial charge in [-0.1, -0.05) is 11.6 Å². The van der Waals surface area contributed by atoms with E-state index in [-0.39, 0.29) is 0 Å². The average Bonchev–Trinajstić information content (AvgIpc) is 2.90. The lowest BCUT2D eigenvalue weighted by Gasteiger charge is -2.30. The molecule has 2 nitrogen and oxygen atoms in total. The minimum absolute atomic E-state index is 0.635. The molecule has 0 radical (unpaired) electrons. The summed E-state index contributed by atoms with van der Waals surface area (Å²) in [6.07, 6.45) is 3.91. The second-order valence-electron chi connectivity index (χ2n) is 4.76. The van der Waals surface area contributed by atoms with Crippen LogP contribution < -0.4 is 4.90 Å². The van der Waals surface area contributed by atoms with Crippen molar-refractivity contribution >= 4 is 17.3 Å². The van der Waals surface area contributed by atoms with Gasteiger partial charge in [0.25, 0.3) is 0 Å². The van der Waals surface area contributed by atoms with Gasteiger partial charge in [0.1, 0.15) is 6.07 Å². The molecule has 2 bridgehead atoms. The van der Waals surface area contributed by atoms with Gasteiger partial charge in [0.05, 0.1) is 11.3 Å². The topological polar surface area (TPSA) is 27.0 Å². The van der Waals surface area contributed by atoms with Gasteiger partial charge >= 0.3 is 0 Å². The Labute approximate surface area is 100 Å². The number of nitriles is 1. The summed E-state index contributed by atoms with van der Waals surface area (Å²) in [7, 11) is 0. The van der Waals surface area contributed by atoms with E-state index in [0.29, 0.717) is 6.04 Å². The molecule has 0 spiro atoms. The molecule has 82 valence electrons. The first-order valence-corrected chi connectivity index (χ1v) is 6.12. The van der Waals surface area contributed by atoms with Gasteiger partial charge in [-0.05, 0) is 43.4 Å². The van der Waals surface area contributed by atoms with Crippen LogP contribution in [0.15, 0.2) is 18.2 Å². The zero-order valence-electron chi connectivity index (χ0n) is 8.99. The fraction of sp³-hybridized carbons (Fsp3) is 0.462. The maximum atomic E-state index is 9.12. The summed E-state index contributed by atoms with van der Waals surface area (Å²) in [6.45, 7) is 1.10. The van der Waals surface area contributed by atoms with E-state index in [1.54, 1.807) is 6.07 Å². The number of nitrogens with zero attached hydrogens (tertiary/aromatic N) is 2. The van der Waals surface area contributed by atoms with Crippen LogP contribution in [0.2, 0.25) is 5.02 Å². The predicted molar refractivity (Wildman–Crippen MR) is 64.6 cm³/mol. The summed E-state index contributed by atoms with van der Waals surface area (Å²) < 4.78 is 0. The zero-order valence-corrected chi connectivity index (χ0v) is 9.74. The van der Waals surface area contributed by atoms with Crippen LogP contribution >= 0.6 is 11.6 Å². The first-order valence-electron chi connectivity index (χ1n) is 5.74. The Kier molecular flexibility index (Phi) is 2.29. The molecule has 0 aromatic heterocycles. The number of benzene rings is 1. The molecule has 2 atom stereocenters. The first kappa shape index (κ1) is 9.99. The van der Waals surface area contributed by atoms with Crippen molar-refractivity contribution in [2.75, 3.05) is 11.4 Å². The van der Waals surface area contributed by atoms with Crippen LogP contribution in [0.1, 0.15) is 24.8 Å². The summed E-state index contributed by atoms with van der Waals surface area (Å²) >= 11 is 6.02. The highest BCUT2D eigenvalue weighted by Gasteiger charge is 2.38. The summed E-state index contributed by atoms with van der Waals surface area (Å²) in [5.41, 5.74) is 1.78. The van der Waals surface area contributed by atoms with Gasteiger partial charge in [-0.3, -0.25) is 0 Å². The largest absolute Gasteiger partial charge is 0.367 e. The molecule has 3 rings (SSSR count). The van der Waals surface area contributed by atoms with E-state index in [4.69, 9.17) is 16.9 Å². The van der Waals surface area contributed by atoms with E-state index < -0.39 is 0 Å². The third-order valence-electron chi connectivity index (χ3n) is 3.80. The SMILES string of the molecule is N#Cc1ccc(Cl)cc1N1CC2CCC1C2. The number of rotatable bonds is 1. The van der Waals surface area contributed by atoms with Crippen molar-refractivity contribution in [3.63, 3.8) is 0 Å².